The van der Waals surface area contributed by atoms with Gasteiger partial charge in [0.25, 0.3) is 5.91 Å². The standard InChI is InChI=1S/C22H25N9O3/c1-12(2)18-28-31(34)21-16(17(22(4,5)6)27-29(18)21)24-25-19-15(13(3)26-30(19)33)20(32)23-14-10-8-7-9-11-14/h7-12H,1-6H3,(H,23,32)/q-2. The number of anilines is 1. The Morgan fingerprint density at radius 2 is 1.71 bits per heavy atom. The number of aromatic nitrogens is 6. The predicted octanol–water partition coefficient (Wildman–Crippen LogP) is 4.82. The molecule has 0 fully saturated rings. The van der Waals surface area contributed by atoms with Crippen LogP contribution in [0.5, 0.6) is 0 Å². The number of rotatable bonds is 5. The highest BCUT2D eigenvalue weighted by molar-refractivity contribution is 6.08. The fourth-order valence-electron chi connectivity index (χ4n) is 3.53. The Labute approximate surface area is 195 Å². The monoisotopic (exact) mass is 463 g/mol. The maximum Gasteiger partial charge on any atom is 0.261 e. The van der Waals surface area contributed by atoms with Crippen LogP contribution < -0.4 is 5.32 Å². The number of nitrogens with one attached hydrogen (secondary N) is 1. The minimum atomic E-state index is -0.549. The number of hydrogen-bond donors (Lipinski definition) is 1. The molecule has 4 rings (SSSR count). The summed E-state index contributed by atoms with van der Waals surface area (Å²) in [5, 5.41) is 48.5. The Morgan fingerprint density at radius 1 is 1.03 bits per heavy atom. The topological polar surface area (TPSA) is 153 Å². The van der Waals surface area contributed by atoms with Crippen LogP contribution >= 0.6 is 0 Å². The first-order valence-corrected chi connectivity index (χ1v) is 10.7. The zero-order valence-electron chi connectivity index (χ0n) is 19.8. The highest BCUT2D eigenvalue weighted by Gasteiger charge is 2.28. The van der Waals surface area contributed by atoms with Gasteiger partial charge in [0.05, 0.1) is 11.4 Å². The lowest BCUT2D eigenvalue weighted by Gasteiger charge is -2.16. The molecule has 12 nitrogen and oxygen atoms in total. The van der Waals surface area contributed by atoms with Crippen LogP contribution in [0.25, 0.3) is 5.65 Å². The van der Waals surface area contributed by atoms with E-state index in [2.05, 4.69) is 30.8 Å². The van der Waals surface area contributed by atoms with Crippen molar-refractivity contribution in [2.24, 2.45) is 10.2 Å². The fraction of sp³-hybridized carbons (Fsp3) is 0.364. The Morgan fingerprint density at radius 3 is 2.32 bits per heavy atom. The van der Waals surface area contributed by atoms with Crippen molar-refractivity contribution in [3.8, 4) is 0 Å². The molecule has 1 amide bonds. The second-order valence-electron chi connectivity index (χ2n) is 9.25. The highest BCUT2D eigenvalue weighted by Crippen LogP contribution is 2.37. The summed E-state index contributed by atoms with van der Waals surface area (Å²) in [5.74, 6) is -0.420. The van der Waals surface area contributed by atoms with Gasteiger partial charge in [-0.15, -0.1) is 10.2 Å². The maximum absolute atomic E-state index is 12.9. The first-order valence-electron chi connectivity index (χ1n) is 10.7. The molecule has 0 unspecified atom stereocenters. The molecule has 1 N–H and O–H groups in total. The minimum Gasteiger partial charge on any atom is -0.789 e. The minimum absolute atomic E-state index is 0.0122. The van der Waals surface area contributed by atoms with E-state index in [-0.39, 0.29) is 39.2 Å². The van der Waals surface area contributed by atoms with Crippen molar-refractivity contribution in [1.29, 1.82) is 0 Å². The van der Waals surface area contributed by atoms with Crippen LogP contribution in [0.2, 0.25) is 0 Å². The number of amides is 1. The van der Waals surface area contributed by atoms with Gasteiger partial charge in [-0.3, -0.25) is 14.5 Å². The van der Waals surface area contributed by atoms with Crippen molar-refractivity contribution in [3.63, 3.8) is 0 Å². The third kappa shape index (κ3) is 3.98. The van der Waals surface area contributed by atoms with E-state index >= 15 is 0 Å². The van der Waals surface area contributed by atoms with Gasteiger partial charge in [-0.05, 0) is 19.1 Å². The molecule has 3 heterocycles. The number of carbonyl (C=O) groups is 1. The lowest BCUT2D eigenvalue weighted by molar-refractivity contribution is 0.102. The number of aryl methyl sites for hydroxylation is 1. The Bertz CT molecular complexity index is 1390. The van der Waals surface area contributed by atoms with Crippen molar-refractivity contribution in [2.75, 3.05) is 5.32 Å². The van der Waals surface area contributed by atoms with E-state index in [1.807, 2.05) is 40.7 Å². The van der Waals surface area contributed by atoms with Crippen molar-refractivity contribution < 1.29 is 4.79 Å². The summed E-state index contributed by atoms with van der Waals surface area (Å²) < 4.78 is 1.45. The number of fused-ring (bicyclic) bond motifs is 1. The molecule has 0 aliphatic rings. The summed E-state index contributed by atoms with van der Waals surface area (Å²) in [4.78, 5) is 13.6. The number of azo groups is 1. The van der Waals surface area contributed by atoms with Gasteiger partial charge in [0.15, 0.2) is 23.0 Å². The molecule has 0 spiro atoms. The Kier molecular flexibility index (Phi) is 5.59. The second kappa shape index (κ2) is 8.28. The number of benzene rings is 1. The summed E-state index contributed by atoms with van der Waals surface area (Å²) in [7, 11) is 0. The average molecular weight is 464 g/mol. The number of hydrogen-bond acceptors (Lipinski definition) is 8. The first-order chi connectivity index (χ1) is 16.0. The molecule has 178 valence electrons. The van der Waals surface area contributed by atoms with Crippen molar-refractivity contribution in [2.45, 2.75) is 52.9 Å². The van der Waals surface area contributed by atoms with E-state index in [0.29, 0.717) is 22.1 Å². The van der Waals surface area contributed by atoms with Gasteiger partial charge in [-0.25, -0.2) is 0 Å². The molecule has 0 aliphatic carbocycles. The van der Waals surface area contributed by atoms with Crippen LogP contribution in [0.15, 0.2) is 40.6 Å². The van der Waals surface area contributed by atoms with Gasteiger partial charge in [-0.2, -0.15) is 19.8 Å². The lowest BCUT2D eigenvalue weighted by atomic mass is 9.91. The molecule has 0 saturated heterocycles. The molecule has 34 heavy (non-hydrogen) atoms. The normalized spacial score (nSPS) is 12.3. The first kappa shape index (κ1) is 23.0. The summed E-state index contributed by atoms with van der Waals surface area (Å²) in [6, 6.07) is 8.81. The molecule has 0 bridgehead atoms. The largest absolute Gasteiger partial charge is 0.789 e. The van der Waals surface area contributed by atoms with E-state index in [0.717, 1.165) is 0 Å². The summed E-state index contributed by atoms with van der Waals surface area (Å²) in [6.45, 7) is 11.1. The van der Waals surface area contributed by atoms with Crippen molar-refractivity contribution in [3.05, 3.63) is 63.5 Å². The second-order valence-corrected chi connectivity index (χ2v) is 9.25. The predicted molar refractivity (Wildman–Crippen MR) is 127 cm³/mol. The zero-order chi connectivity index (χ0) is 24.8. The van der Waals surface area contributed by atoms with Crippen LogP contribution in [0.4, 0.5) is 17.2 Å². The summed E-state index contributed by atoms with van der Waals surface area (Å²) in [6.07, 6.45) is 0. The van der Waals surface area contributed by atoms with E-state index in [9.17, 15) is 15.2 Å². The lowest BCUT2D eigenvalue weighted by Crippen LogP contribution is -2.13. The van der Waals surface area contributed by atoms with Gasteiger partial charge < -0.3 is 15.7 Å². The molecule has 3 aromatic heterocycles. The van der Waals surface area contributed by atoms with Gasteiger partial charge in [0, 0.05) is 17.0 Å². The van der Waals surface area contributed by atoms with Crippen LogP contribution in [-0.4, -0.2) is 35.4 Å². The van der Waals surface area contributed by atoms with Crippen molar-refractivity contribution >= 4 is 28.7 Å². The van der Waals surface area contributed by atoms with E-state index < -0.39 is 11.3 Å². The molecule has 12 heteroatoms. The quantitative estimate of drug-likeness (QED) is 0.419. The molecule has 0 radical (unpaired) electrons. The smallest absolute Gasteiger partial charge is 0.261 e. The van der Waals surface area contributed by atoms with Crippen molar-refractivity contribution in [1.82, 2.24) is 29.5 Å². The number of nitrogens with zero attached hydrogens (tertiary/aromatic N) is 8. The Hall–Kier alpha value is -4.22. The Balaban J connectivity index is 1.82. The number of carbonyl (C=O) groups excluding carboxylic acids is 1. The fourth-order valence-corrected chi connectivity index (χ4v) is 3.53. The third-order valence-corrected chi connectivity index (χ3v) is 5.17. The van der Waals surface area contributed by atoms with Crippen LogP contribution in [0.3, 0.4) is 0 Å². The SMILES string of the molecule is Cc1nn([O-])c(N=Nc2c(C(C)(C)C)nn3c(C(C)C)nn([O-])c23)c1C(=O)Nc1ccccc1. The van der Waals surface area contributed by atoms with Gasteiger partial charge in [0.1, 0.15) is 5.56 Å². The third-order valence-electron chi connectivity index (χ3n) is 5.17. The van der Waals surface area contributed by atoms with Gasteiger partial charge in [0.2, 0.25) is 0 Å². The average Bonchev–Trinajstić information content (AvgIpc) is 3.38. The zero-order valence-corrected chi connectivity index (χ0v) is 19.8. The molecule has 0 aliphatic heterocycles. The molecular weight excluding hydrogens is 438 g/mol. The number of para-hydroxylation sites is 1. The van der Waals surface area contributed by atoms with Crippen LogP contribution in [0, 0.1) is 17.3 Å². The van der Waals surface area contributed by atoms with Crippen LogP contribution in [-0.2, 0) is 5.41 Å². The maximum atomic E-state index is 12.9. The molecular formula is C22H25N9O3-2. The molecule has 1 aromatic carbocycles. The highest BCUT2D eigenvalue weighted by atomic mass is 16.5. The van der Waals surface area contributed by atoms with E-state index in [1.54, 1.807) is 24.3 Å². The van der Waals surface area contributed by atoms with E-state index in [4.69, 9.17) is 0 Å². The van der Waals surface area contributed by atoms with Gasteiger partial charge in [-0.1, -0.05) is 52.8 Å². The summed E-state index contributed by atoms with van der Waals surface area (Å²) in [5.41, 5.74) is 1.03. The summed E-state index contributed by atoms with van der Waals surface area (Å²) >= 11 is 0. The molecule has 0 atom stereocenters. The van der Waals surface area contributed by atoms with E-state index in [1.165, 1.54) is 11.4 Å². The van der Waals surface area contributed by atoms with Gasteiger partial charge >= 0.3 is 0 Å². The molecule has 4 aromatic rings. The van der Waals surface area contributed by atoms with Crippen LogP contribution in [0.1, 0.15) is 68.1 Å². The molecule has 0 saturated carbocycles.